The second-order valence-electron chi connectivity index (χ2n) is 1.50. The molecule has 0 fully saturated rings. The van der Waals surface area contributed by atoms with Gasteiger partial charge in [-0.2, -0.15) is 0 Å². The lowest BCUT2D eigenvalue weighted by atomic mass is 10.3. The summed E-state index contributed by atoms with van der Waals surface area (Å²) in [6, 6.07) is 0. The van der Waals surface area contributed by atoms with Crippen molar-refractivity contribution in [3.63, 3.8) is 0 Å². The first-order chi connectivity index (χ1) is 4.04. The molecule has 1 atom stereocenters. The Kier molecular flexibility index (Phi) is 3.05. The Balaban J connectivity index is 3.50. The molecule has 0 spiro atoms. The summed E-state index contributed by atoms with van der Waals surface area (Å²) in [5, 5.41) is 0. The lowest BCUT2D eigenvalue weighted by Gasteiger charge is -2.00. The lowest BCUT2D eigenvalue weighted by molar-refractivity contribution is -0.124. The van der Waals surface area contributed by atoms with Crippen molar-refractivity contribution in [2.24, 2.45) is 5.73 Å². The van der Waals surface area contributed by atoms with Gasteiger partial charge in [-0.15, -0.1) is 0 Å². The molecule has 0 aliphatic rings. The van der Waals surface area contributed by atoms with Crippen LogP contribution in [0.1, 0.15) is 6.42 Å². The van der Waals surface area contributed by atoms with Crippen molar-refractivity contribution >= 4 is 5.91 Å². The number of nitrogens with two attached hydrogens (primary N) is 1. The molecule has 9 heavy (non-hydrogen) atoms. The maximum Gasteiger partial charge on any atom is 0.252 e. The molecule has 2 nitrogen and oxygen atoms in total. The van der Waals surface area contributed by atoms with E-state index in [-0.39, 0.29) is 0 Å². The van der Waals surface area contributed by atoms with Crippen LogP contribution in [0.2, 0.25) is 0 Å². The zero-order chi connectivity index (χ0) is 7.44. The highest BCUT2D eigenvalue weighted by Gasteiger charge is 2.18. The van der Waals surface area contributed by atoms with Crippen LogP contribution in [0.4, 0.5) is 13.2 Å². The third-order valence-corrected chi connectivity index (χ3v) is 0.694. The number of hydrogen-bond donors (Lipinski definition) is 1. The Morgan fingerprint density at radius 3 is 2.00 bits per heavy atom. The summed E-state index contributed by atoms with van der Waals surface area (Å²) in [7, 11) is 0. The number of halogens is 3. The normalized spacial score (nSPS) is 13.8. The van der Waals surface area contributed by atoms with Gasteiger partial charge in [-0.3, -0.25) is 4.79 Å². The van der Waals surface area contributed by atoms with Gasteiger partial charge in [0.1, 0.15) is 0 Å². The van der Waals surface area contributed by atoms with Crippen LogP contribution >= 0.6 is 0 Å². The fourth-order valence-corrected chi connectivity index (χ4v) is 0.273. The maximum absolute atomic E-state index is 11.8. The molecule has 2 N–H and O–H groups in total. The van der Waals surface area contributed by atoms with E-state index >= 15 is 0 Å². The van der Waals surface area contributed by atoms with Crippen molar-refractivity contribution in [1.29, 1.82) is 0 Å². The van der Waals surface area contributed by atoms with E-state index in [9.17, 15) is 18.0 Å². The number of amides is 1. The number of hydrogen-bond acceptors (Lipinski definition) is 1. The minimum absolute atomic E-state index is 1.10. The summed E-state index contributed by atoms with van der Waals surface area (Å²) >= 11 is 0. The Labute approximate surface area is 49.8 Å². The first-order valence-electron chi connectivity index (χ1n) is 2.25. The Hall–Kier alpha value is -0.740. The highest BCUT2D eigenvalue weighted by Crippen LogP contribution is 2.05. The van der Waals surface area contributed by atoms with Crippen LogP contribution < -0.4 is 5.73 Å². The number of rotatable bonds is 3. The van der Waals surface area contributed by atoms with Crippen molar-refractivity contribution in [3.05, 3.63) is 0 Å². The summed E-state index contributed by atoms with van der Waals surface area (Å²) in [5.74, 6) is -1.34. The quantitative estimate of drug-likeness (QED) is 0.609. The third kappa shape index (κ3) is 3.81. The highest BCUT2D eigenvalue weighted by molar-refractivity contribution is 5.78. The molecule has 0 aliphatic carbocycles. The molecule has 0 rings (SSSR count). The van der Waals surface area contributed by atoms with Gasteiger partial charge in [0.25, 0.3) is 5.91 Å². The van der Waals surface area contributed by atoms with Crippen LogP contribution in [0.5, 0.6) is 0 Å². The summed E-state index contributed by atoms with van der Waals surface area (Å²) in [6.45, 7) is 0. The van der Waals surface area contributed by atoms with Crippen LogP contribution in [-0.2, 0) is 4.79 Å². The summed E-state index contributed by atoms with van der Waals surface area (Å²) in [4.78, 5) is 9.75. The number of carbonyl (C=O) groups excluding carboxylic acids is 1. The summed E-state index contributed by atoms with van der Waals surface area (Å²) in [6.07, 6.45) is -6.13. The molecule has 0 saturated heterocycles. The van der Waals surface area contributed by atoms with E-state index in [0.29, 0.717) is 0 Å². The van der Waals surface area contributed by atoms with Gasteiger partial charge < -0.3 is 5.73 Å². The largest absolute Gasteiger partial charge is 0.367 e. The van der Waals surface area contributed by atoms with Gasteiger partial charge in [-0.05, 0) is 0 Å². The average molecular weight is 141 g/mol. The standard InChI is InChI=1S/C4H6F3NO/c5-2(4(8)9)1-3(6)7/h2-3H,1H2,(H2,8,9). The monoisotopic (exact) mass is 141 g/mol. The molecule has 1 unspecified atom stereocenters. The Morgan fingerprint density at radius 1 is 1.44 bits per heavy atom. The molecule has 0 heterocycles. The summed E-state index contributed by atoms with van der Waals surface area (Å²) in [5.41, 5.74) is 4.34. The van der Waals surface area contributed by atoms with Crippen LogP contribution in [0.3, 0.4) is 0 Å². The number of alkyl halides is 3. The van der Waals surface area contributed by atoms with Gasteiger partial charge in [0.05, 0.1) is 0 Å². The molecule has 0 aromatic carbocycles. The second kappa shape index (κ2) is 3.32. The predicted molar refractivity (Wildman–Crippen MR) is 24.7 cm³/mol. The van der Waals surface area contributed by atoms with Crippen LogP contribution in [-0.4, -0.2) is 18.5 Å². The summed E-state index contributed by atoms with van der Waals surface area (Å²) < 4.78 is 34.2. The van der Waals surface area contributed by atoms with E-state index in [0.717, 1.165) is 0 Å². The van der Waals surface area contributed by atoms with Gasteiger partial charge >= 0.3 is 0 Å². The van der Waals surface area contributed by atoms with E-state index in [4.69, 9.17) is 0 Å². The molecule has 54 valence electrons. The molecule has 5 heteroatoms. The van der Waals surface area contributed by atoms with Gasteiger partial charge in [-0.25, -0.2) is 13.2 Å². The van der Waals surface area contributed by atoms with Gasteiger partial charge in [-0.1, -0.05) is 0 Å². The minimum atomic E-state index is -2.81. The van der Waals surface area contributed by atoms with Crippen LogP contribution in [0, 0.1) is 0 Å². The zero-order valence-corrected chi connectivity index (χ0v) is 4.48. The maximum atomic E-state index is 11.8. The van der Waals surface area contributed by atoms with Crippen LogP contribution in [0.25, 0.3) is 0 Å². The van der Waals surface area contributed by atoms with Gasteiger partial charge in [0, 0.05) is 6.42 Å². The SMILES string of the molecule is NC(=O)C(F)CC(F)F. The molecular formula is C4H6F3NO. The highest BCUT2D eigenvalue weighted by atomic mass is 19.3. The lowest BCUT2D eigenvalue weighted by Crippen LogP contribution is -2.26. The molecule has 0 aromatic heterocycles. The van der Waals surface area contributed by atoms with Crippen molar-refractivity contribution in [2.45, 2.75) is 19.0 Å². The molecule has 0 aliphatic heterocycles. The van der Waals surface area contributed by atoms with E-state index in [1.165, 1.54) is 0 Å². The predicted octanol–water partition coefficient (Wildman–Crippen LogP) is 0.465. The molecular weight excluding hydrogens is 135 g/mol. The first-order valence-corrected chi connectivity index (χ1v) is 2.25. The molecule has 0 radical (unpaired) electrons. The van der Waals surface area contributed by atoms with Crippen molar-refractivity contribution in [1.82, 2.24) is 0 Å². The second-order valence-corrected chi connectivity index (χ2v) is 1.50. The third-order valence-electron chi connectivity index (χ3n) is 0.694. The Bertz CT molecular complexity index is 106. The Morgan fingerprint density at radius 2 is 1.89 bits per heavy atom. The van der Waals surface area contributed by atoms with Crippen LogP contribution in [0.15, 0.2) is 0 Å². The van der Waals surface area contributed by atoms with E-state index in [1.54, 1.807) is 0 Å². The topological polar surface area (TPSA) is 43.1 Å². The fourth-order valence-electron chi connectivity index (χ4n) is 0.273. The molecule has 0 bridgehead atoms. The zero-order valence-electron chi connectivity index (χ0n) is 4.48. The number of carbonyl (C=O) groups is 1. The van der Waals surface area contributed by atoms with Gasteiger partial charge in [0.15, 0.2) is 6.17 Å². The van der Waals surface area contributed by atoms with Crippen molar-refractivity contribution in [2.75, 3.05) is 0 Å². The molecule has 0 saturated carbocycles. The number of primary amides is 1. The van der Waals surface area contributed by atoms with Crippen molar-refractivity contribution < 1.29 is 18.0 Å². The smallest absolute Gasteiger partial charge is 0.252 e. The van der Waals surface area contributed by atoms with Gasteiger partial charge in [0.2, 0.25) is 6.43 Å². The van der Waals surface area contributed by atoms with Crippen molar-refractivity contribution in [3.8, 4) is 0 Å². The van der Waals surface area contributed by atoms with E-state index < -0.39 is 24.9 Å². The molecule has 1 amide bonds. The van der Waals surface area contributed by atoms with E-state index in [1.807, 2.05) is 0 Å². The first kappa shape index (κ1) is 8.26. The fraction of sp³-hybridized carbons (Fsp3) is 0.750. The average Bonchev–Trinajstić information content (AvgIpc) is 1.63. The molecule has 0 aromatic rings. The minimum Gasteiger partial charge on any atom is -0.367 e. The van der Waals surface area contributed by atoms with E-state index in [2.05, 4.69) is 5.73 Å².